The number of benzene rings is 3. The number of nitriles is 1. The number of hydrogen-bond acceptors (Lipinski definition) is 4. The van der Waals surface area contributed by atoms with Crippen LogP contribution in [0.4, 0.5) is 11.4 Å². The first-order valence-corrected chi connectivity index (χ1v) is 7.08. The summed E-state index contributed by atoms with van der Waals surface area (Å²) in [4.78, 5) is 10.7. The molecule has 5 nitrogen and oxygen atoms in total. The SMILES string of the molecule is N#Cc1ccc(NCc2cccc3ccccc23)c([N+](=O)[O-])c1. The third-order valence-electron chi connectivity index (χ3n) is 3.67. The van der Waals surface area contributed by atoms with E-state index in [4.69, 9.17) is 5.26 Å². The molecule has 3 aromatic rings. The van der Waals surface area contributed by atoms with E-state index in [0.29, 0.717) is 12.2 Å². The number of nitrogens with one attached hydrogen (secondary N) is 1. The molecule has 0 saturated carbocycles. The molecule has 1 N–H and O–H groups in total. The zero-order valence-electron chi connectivity index (χ0n) is 12.2. The molecule has 23 heavy (non-hydrogen) atoms. The van der Waals surface area contributed by atoms with Gasteiger partial charge in [0, 0.05) is 12.6 Å². The number of nitrogens with zero attached hydrogens (tertiary/aromatic N) is 2. The van der Waals surface area contributed by atoms with Gasteiger partial charge in [0.1, 0.15) is 5.69 Å². The Labute approximate surface area is 132 Å². The van der Waals surface area contributed by atoms with Crippen LogP contribution < -0.4 is 5.32 Å². The monoisotopic (exact) mass is 303 g/mol. The first-order valence-electron chi connectivity index (χ1n) is 7.08. The Bertz CT molecular complexity index is 924. The summed E-state index contributed by atoms with van der Waals surface area (Å²) in [7, 11) is 0. The second-order valence-corrected chi connectivity index (χ2v) is 5.09. The number of anilines is 1. The summed E-state index contributed by atoms with van der Waals surface area (Å²) >= 11 is 0. The van der Waals surface area contributed by atoms with Gasteiger partial charge in [-0.25, -0.2) is 0 Å². The van der Waals surface area contributed by atoms with Gasteiger partial charge in [0.2, 0.25) is 0 Å². The lowest BCUT2D eigenvalue weighted by atomic mass is 10.0. The molecule has 0 unspecified atom stereocenters. The summed E-state index contributed by atoms with van der Waals surface area (Å²) in [6.07, 6.45) is 0. The van der Waals surface area contributed by atoms with E-state index < -0.39 is 4.92 Å². The maximum atomic E-state index is 11.2. The third kappa shape index (κ3) is 2.97. The fourth-order valence-corrected chi connectivity index (χ4v) is 2.54. The smallest absolute Gasteiger partial charge is 0.293 e. The summed E-state index contributed by atoms with van der Waals surface area (Å²) in [6, 6.07) is 20.3. The van der Waals surface area contributed by atoms with Crippen LogP contribution >= 0.6 is 0 Å². The van der Waals surface area contributed by atoms with Gasteiger partial charge in [-0.3, -0.25) is 10.1 Å². The Morgan fingerprint density at radius 2 is 1.87 bits per heavy atom. The molecule has 112 valence electrons. The van der Waals surface area contributed by atoms with E-state index in [-0.39, 0.29) is 11.3 Å². The summed E-state index contributed by atoms with van der Waals surface area (Å²) < 4.78 is 0. The highest BCUT2D eigenvalue weighted by Crippen LogP contribution is 2.27. The summed E-state index contributed by atoms with van der Waals surface area (Å²) in [5.41, 5.74) is 1.64. The molecule has 0 radical (unpaired) electrons. The average molecular weight is 303 g/mol. The highest BCUT2D eigenvalue weighted by Gasteiger charge is 2.14. The van der Waals surface area contributed by atoms with Gasteiger partial charge < -0.3 is 5.32 Å². The van der Waals surface area contributed by atoms with Gasteiger partial charge in [0.15, 0.2) is 0 Å². The summed E-state index contributed by atoms with van der Waals surface area (Å²) in [5, 5.41) is 25.4. The van der Waals surface area contributed by atoms with Crippen LogP contribution in [0.25, 0.3) is 10.8 Å². The van der Waals surface area contributed by atoms with Crippen molar-refractivity contribution in [2.24, 2.45) is 0 Å². The summed E-state index contributed by atoms with van der Waals surface area (Å²) in [5.74, 6) is 0. The zero-order valence-corrected chi connectivity index (χ0v) is 12.2. The Kier molecular flexibility index (Phi) is 3.89. The fraction of sp³-hybridized carbons (Fsp3) is 0.0556. The first kappa shape index (κ1) is 14.5. The number of rotatable bonds is 4. The van der Waals surface area contributed by atoms with E-state index in [0.717, 1.165) is 16.3 Å². The number of hydrogen-bond donors (Lipinski definition) is 1. The van der Waals surface area contributed by atoms with Crippen molar-refractivity contribution in [2.45, 2.75) is 6.54 Å². The van der Waals surface area contributed by atoms with E-state index in [1.165, 1.54) is 6.07 Å². The molecular formula is C18H13N3O2. The average Bonchev–Trinajstić information content (AvgIpc) is 2.59. The van der Waals surface area contributed by atoms with Gasteiger partial charge >= 0.3 is 0 Å². The molecule has 0 amide bonds. The van der Waals surface area contributed by atoms with Gasteiger partial charge in [-0.2, -0.15) is 5.26 Å². The summed E-state index contributed by atoms with van der Waals surface area (Å²) in [6.45, 7) is 0.466. The number of fused-ring (bicyclic) bond motifs is 1. The lowest BCUT2D eigenvalue weighted by Gasteiger charge is -2.10. The Balaban J connectivity index is 1.91. The molecular weight excluding hydrogens is 290 g/mol. The molecule has 0 aliphatic heterocycles. The standard InChI is InChI=1S/C18H13N3O2/c19-11-13-8-9-17(18(10-13)21(22)23)20-12-15-6-3-5-14-4-1-2-7-16(14)15/h1-10,20H,12H2. The molecule has 0 aromatic heterocycles. The van der Waals surface area contributed by atoms with Crippen molar-refractivity contribution in [2.75, 3.05) is 5.32 Å². The molecule has 0 fully saturated rings. The molecule has 3 rings (SSSR count). The van der Waals surface area contributed by atoms with Gasteiger partial charge in [-0.15, -0.1) is 0 Å². The second-order valence-electron chi connectivity index (χ2n) is 5.09. The maximum absolute atomic E-state index is 11.2. The highest BCUT2D eigenvalue weighted by atomic mass is 16.6. The molecule has 0 aliphatic carbocycles. The minimum absolute atomic E-state index is 0.0933. The maximum Gasteiger partial charge on any atom is 0.293 e. The topological polar surface area (TPSA) is 79.0 Å². The van der Waals surface area contributed by atoms with Crippen LogP contribution in [0.5, 0.6) is 0 Å². The van der Waals surface area contributed by atoms with Gasteiger partial charge in [0.25, 0.3) is 5.69 Å². The van der Waals surface area contributed by atoms with E-state index >= 15 is 0 Å². The first-order chi connectivity index (χ1) is 11.2. The third-order valence-corrected chi connectivity index (χ3v) is 3.67. The van der Waals surface area contributed by atoms with Crippen molar-refractivity contribution in [1.82, 2.24) is 0 Å². The Morgan fingerprint density at radius 3 is 2.65 bits per heavy atom. The second kappa shape index (κ2) is 6.16. The van der Waals surface area contributed by atoms with E-state index in [1.807, 2.05) is 48.5 Å². The van der Waals surface area contributed by atoms with Crippen molar-refractivity contribution in [1.29, 1.82) is 5.26 Å². The molecule has 0 saturated heterocycles. The van der Waals surface area contributed by atoms with Crippen molar-refractivity contribution >= 4 is 22.1 Å². The van der Waals surface area contributed by atoms with Crippen LogP contribution in [-0.2, 0) is 6.54 Å². The van der Waals surface area contributed by atoms with E-state index in [9.17, 15) is 10.1 Å². The van der Waals surface area contributed by atoms with Crippen LogP contribution in [0.2, 0.25) is 0 Å². The lowest BCUT2D eigenvalue weighted by Crippen LogP contribution is -2.03. The Morgan fingerprint density at radius 1 is 1.09 bits per heavy atom. The van der Waals surface area contributed by atoms with E-state index in [2.05, 4.69) is 5.32 Å². The Hall–Kier alpha value is -3.39. The molecule has 5 heteroatoms. The zero-order chi connectivity index (χ0) is 16.2. The fourth-order valence-electron chi connectivity index (χ4n) is 2.54. The molecule has 0 spiro atoms. The quantitative estimate of drug-likeness (QED) is 0.577. The predicted molar refractivity (Wildman–Crippen MR) is 89.1 cm³/mol. The minimum atomic E-state index is -0.480. The van der Waals surface area contributed by atoms with Crippen LogP contribution in [0.15, 0.2) is 60.7 Å². The molecule has 0 aliphatic rings. The van der Waals surface area contributed by atoms with Crippen LogP contribution in [0.1, 0.15) is 11.1 Å². The molecule has 3 aromatic carbocycles. The van der Waals surface area contributed by atoms with Crippen LogP contribution in [0.3, 0.4) is 0 Å². The minimum Gasteiger partial charge on any atom is -0.375 e. The van der Waals surface area contributed by atoms with Crippen LogP contribution in [0, 0.1) is 21.4 Å². The van der Waals surface area contributed by atoms with E-state index in [1.54, 1.807) is 12.1 Å². The number of nitro groups is 1. The number of nitro benzene ring substituents is 1. The van der Waals surface area contributed by atoms with Gasteiger partial charge in [-0.1, -0.05) is 42.5 Å². The van der Waals surface area contributed by atoms with Crippen molar-refractivity contribution in [3.8, 4) is 6.07 Å². The normalized spacial score (nSPS) is 10.2. The molecule has 0 heterocycles. The van der Waals surface area contributed by atoms with Crippen molar-refractivity contribution < 1.29 is 4.92 Å². The predicted octanol–water partition coefficient (Wildman–Crippen LogP) is 4.23. The molecule has 0 bridgehead atoms. The van der Waals surface area contributed by atoms with Gasteiger partial charge in [0.05, 0.1) is 16.6 Å². The highest BCUT2D eigenvalue weighted by molar-refractivity contribution is 5.85. The van der Waals surface area contributed by atoms with Crippen molar-refractivity contribution in [3.63, 3.8) is 0 Å². The largest absolute Gasteiger partial charge is 0.375 e. The van der Waals surface area contributed by atoms with Gasteiger partial charge in [-0.05, 0) is 28.5 Å². The van der Waals surface area contributed by atoms with Crippen LogP contribution in [-0.4, -0.2) is 4.92 Å². The molecule has 0 atom stereocenters. The van der Waals surface area contributed by atoms with Crippen molar-refractivity contribution in [3.05, 3.63) is 81.9 Å². The lowest BCUT2D eigenvalue weighted by molar-refractivity contribution is -0.384.